The molecular formula is C18H34O16. The standard InChI is InChI=1S/C12H22O11.C6H12O5/c13-1-3-5(15)6(16)9(19)12(22-3)23-10-4(2-14)21-11(20)8(18)7(10)17;1-3(8)5(10)6(11)4(9)2-7/h3-20H,1-2H2;2-6,8-11H,1H3/t3-,4-,5-,6+,7-,8-,9-,10-,11-,12-;3-,4-,5-,6-/m10/s1. The Bertz CT molecular complexity index is 590. The molecule has 0 bridgehead atoms. The number of hydrogen-bond donors (Lipinski definition) is 12. The van der Waals surface area contributed by atoms with Gasteiger partial charge in [0.25, 0.3) is 0 Å². The van der Waals surface area contributed by atoms with Gasteiger partial charge in [-0.1, -0.05) is 0 Å². The molecule has 0 unspecified atom stereocenters. The maximum atomic E-state index is 9.94. The quantitative estimate of drug-likeness (QED) is 0.136. The predicted molar refractivity (Wildman–Crippen MR) is 104 cm³/mol. The van der Waals surface area contributed by atoms with E-state index in [9.17, 15) is 40.5 Å². The minimum absolute atomic E-state index is 0.0935. The Kier molecular flexibility index (Phi) is 12.8. The van der Waals surface area contributed by atoms with E-state index in [0.717, 1.165) is 0 Å². The molecule has 16 nitrogen and oxygen atoms in total. The lowest BCUT2D eigenvalue weighted by Crippen LogP contribution is -2.64. The van der Waals surface area contributed by atoms with Crippen molar-refractivity contribution in [2.75, 3.05) is 13.2 Å². The van der Waals surface area contributed by atoms with Crippen molar-refractivity contribution in [2.24, 2.45) is 0 Å². The van der Waals surface area contributed by atoms with Crippen LogP contribution in [0.3, 0.4) is 0 Å². The Morgan fingerprint density at radius 2 is 1.32 bits per heavy atom. The third-order valence-corrected chi connectivity index (χ3v) is 5.31. The van der Waals surface area contributed by atoms with E-state index < -0.39 is 99.0 Å². The maximum absolute atomic E-state index is 9.94. The number of aliphatic hydroxyl groups is 12. The van der Waals surface area contributed by atoms with Crippen molar-refractivity contribution in [3.05, 3.63) is 0 Å². The van der Waals surface area contributed by atoms with Crippen molar-refractivity contribution in [1.29, 1.82) is 0 Å². The smallest absolute Gasteiger partial charge is 0.187 e. The van der Waals surface area contributed by atoms with Gasteiger partial charge in [-0.15, -0.1) is 0 Å². The Balaban J connectivity index is 0.000000445. The Morgan fingerprint density at radius 1 is 0.765 bits per heavy atom. The molecule has 0 aliphatic carbocycles. The fourth-order valence-corrected chi connectivity index (χ4v) is 3.14. The predicted octanol–water partition coefficient (Wildman–Crippen LogP) is -7.75. The number of ether oxygens (including phenoxy) is 3. The molecule has 202 valence electrons. The monoisotopic (exact) mass is 506 g/mol. The third-order valence-electron chi connectivity index (χ3n) is 5.31. The van der Waals surface area contributed by atoms with Crippen molar-refractivity contribution >= 4 is 6.29 Å². The van der Waals surface area contributed by atoms with Crippen molar-refractivity contribution in [1.82, 2.24) is 0 Å². The summed E-state index contributed by atoms with van der Waals surface area (Å²) in [6, 6.07) is 0. The summed E-state index contributed by atoms with van der Waals surface area (Å²) in [5.41, 5.74) is 0. The lowest BCUT2D eigenvalue weighted by Gasteiger charge is -2.45. The first kappa shape index (κ1) is 31.1. The Morgan fingerprint density at radius 3 is 1.79 bits per heavy atom. The molecular weight excluding hydrogens is 472 g/mol. The minimum atomic E-state index is -1.74. The van der Waals surface area contributed by atoms with Crippen LogP contribution in [0, 0.1) is 0 Å². The van der Waals surface area contributed by atoms with Gasteiger partial charge in [0.2, 0.25) is 0 Å². The Hall–Kier alpha value is -0.930. The van der Waals surface area contributed by atoms with Crippen molar-refractivity contribution in [2.45, 2.75) is 92.8 Å². The van der Waals surface area contributed by atoms with Crippen LogP contribution >= 0.6 is 0 Å². The molecule has 0 spiro atoms. The highest BCUT2D eigenvalue weighted by Gasteiger charge is 2.50. The molecule has 0 aromatic carbocycles. The van der Waals surface area contributed by atoms with E-state index in [-0.39, 0.29) is 6.29 Å². The van der Waals surface area contributed by atoms with E-state index in [1.54, 1.807) is 0 Å². The third kappa shape index (κ3) is 7.53. The molecule has 34 heavy (non-hydrogen) atoms. The van der Waals surface area contributed by atoms with Gasteiger partial charge in [-0.05, 0) is 6.92 Å². The van der Waals surface area contributed by atoms with E-state index in [2.05, 4.69) is 0 Å². The summed E-state index contributed by atoms with van der Waals surface area (Å²) in [7, 11) is 0. The Labute approximate surface area is 193 Å². The van der Waals surface area contributed by atoms with Crippen LogP contribution < -0.4 is 0 Å². The summed E-state index contributed by atoms with van der Waals surface area (Å²) in [5.74, 6) is 0. The SMILES string of the molecule is C[C@H](O)[C@H](O)[C@@H](O)[C@@H](O)C=O.OC[C@H]1O[C@H](O[C@H]2[C@H](O)[C@@H](O)[C@H](O)O[C@@H]2CO)[C@H](O)[C@@H](O)[C@@H]1O. The summed E-state index contributed by atoms with van der Waals surface area (Å²) >= 11 is 0. The highest BCUT2D eigenvalue weighted by Crippen LogP contribution is 2.28. The van der Waals surface area contributed by atoms with E-state index >= 15 is 0 Å². The van der Waals surface area contributed by atoms with Crippen LogP contribution in [0.15, 0.2) is 0 Å². The summed E-state index contributed by atoms with van der Waals surface area (Å²) in [4.78, 5) is 9.87. The molecule has 2 heterocycles. The largest absolute Gasteiger partial charge is 0.394 e. The lowest BCUT2D eigenvalue weighted by atomic mass is 9.97. The van der Waals surface area contributed by atoms with Crippen LogP contribution in [-0.4, -0.2) is 167 Å². The van der Waals surface area contributed by atoms with Gasteiger partial charge in [-0.2, -0.15) is 0 Å². The van der Waals surface area contributed by atoms with Crippen LogP contribution in [0.4, 0.5) is 0 Å². The molecule has 0 aromatic rings. The summed E-state index contributed by atoms with van der Waals surface area (Å²) < 4.78 is 15.3. The topological polar surface area (TPSA) is 288 Å². The highest BCUT2D eigenvalue weighted by atomic mass is 16.7. The average molecular weight is 506 g/mol. The lowest BCUT2D eigenvalue weighted by molar-refractivity contribution is -0.355. The van der Waals surface area contributed by atoms with Gasteiger partial charge in [-0.25, -0.2) is 0 Å². The molecule has 0 amide bonds. The van der Waals surface area contributed by atoms with Crippen molar-refractivity contribution in [3.8, 4) is 0 Å². The summed E-state index contributed by atoms with van der Waals surface area (Å²) in [6.45, 7) is -0.104. The van der Waals surface area contributed by atoms with Gasteiger partial charge in [0, 0.05) is 0 Å². The second kappa shape index (κ2) is 14.0. The van der Waals surface area contributed by atoms with Crippen molar-refractivity contribution in [3.63, 3.8) is 0 Å². The number of aliphatic hydroxyl groups excluding tert-OH is 12. The molecule has 2 fully saturated rings. The molecule has 2 aliphatic heterocycles. The zero-order chi connectivity index (χ0) is 26.3. The number of aldehydes is 1. The van der Waals surface area contributed by atoms with Crippen LogP contribution in [0.25, 0.3) is 0 Å². The van der Waals surface area contributed by atoms with E-state index in [1.165, 1.54) is 6.92 Å². The summed E-state index contributed by atoms with van der Waals surface area (Å²) in [6.07, 6.45) is -21.4. The fraction of sp³-hybridized carbons (Fsp3) is 0.944. The zero-order valence-electron chi connectivity index (χ0n) is 18.1. The fourth-order valence-electron chi connectivity index (χ4n) is 3.14. The van der Waals surface area contributed by atoms with Gasteiger partial charge >= 0.3 is 0 Å². The van der Waals surface area contributed by atoms with E-state index in [0.29, 0.717) is 0 Å². The molecule has 0 radical (unpaired) electrons. The molecule has 2 aliphatic rings. The maximum Gasteiger partial charge on any atom is 0.187 e. The van der Waals surface area contributed by atoms with E-state index in [1.807, 2.05) is 0 Å². The molecule has 0 saturated carbocycles. The first-order valence-corrected chi connectivity index (χ1v) is 10.3. The second-order valence-electron chi connectivity index (χ2n) is 7.88. The van der Waals surface area contributed by atoms with Crippen LogP contribution in [0.5, 0.6) is 0 Å². The first-order valence-electron chi connectivity index (χ1n) is 10.3. The highest BCUT2D eigenvalue weighted by molar-refractivity contribution is 5.56. The van der Waals surface area contributed by atoms with Crippen molar-refractivity contribution < 1.29 is 80.3 Å². The molecule has 2 rings (SSSR count). The number of carbonyl (C=O) groups is 1. The summed E-state index contributed by atoms with van der Waals surface area (Å²) in [5, 5.41) is 112. The van der Waals surface area contributed by atoms with Gasteiger partial charge in [-0.3, -0.25) is 0 Å². The number of hydrogen-bond acceptors (Lipinski definition) is 16. The molecule has 0 aromatic heterocycles. The first-order chi connectivity index (χ1) is 15.8. The normalized spacial score (nSPS) is 42.0. The number of rotatable bonds is 8. The van der Waals surface area contributed by atoms with Crippen LogP contribution in [-0.2, 0) is 19.0 Å². The molecule has 16 heteroatoms. The van der Waals surface area contributed by atoms with Gasteiger partial charge < -0.3 is 80.3 Å². The van der Waals surface area contributed by atoms with Crippen LogP contribution in [0.2, 0.25) is 0 Å². The van der Waals surface area contributed by atoms with Crippen LogP contribution in [0.1, 0.15) is 6.92 Å². The van der Waals surface area contributed by atoms with Gasteiger partial charge in [0.1, 0.15) is 67.1 Å². The second-order valence-corrected chi connectivity index (χ2v) is 7.88. The zero-order valence-corrected chi connectivity index (χ0v) is 18.1. The molecule has 14 atom stereocenters. The molecule has 12 N–H and O–H groups in total. The molecule has 2 saturated heterocycles. The number of carbonyl (C=O) groups excluding carboxylic acids is 1. The van der Waals surface area contributed by atoms with E-state index in [4.69, 9.17) is 39.7 Å². The van der Waals surface area contributed by atoms with Gasteiger partial charge in [0.15, 0.2) is 18.9 Å². The van der Waals surface area contributed by atoms with Gasteiger partial charge in [0.05, 0.1) is 19.3 Å². The minimum Gasteiger partial charge on any atom is -0.394 e. The average Bonchev–Trinajstić information content (AvgIpc) is 2.82.